The maximum atomic E-state index is 5.65. The molecular weight excluding hydrogens is 254 g/mol. The molecule has 20 heavy (non-hydrogen) atoms. The topological polar surface area (TPSA) is 78.3 Å². The molecule has 0 aliphatic rings. The summed E-state index contributed by atoms with van der Waals surface area (Å²) in [5, 5.41) is 8.20. The van der Waals surface area contributed by atoms with Crippen molar-refractivity contribution in [2.75, 3.05) is 7.11 Å². The lowest BCUT2D eigenvalue weighted by Crippen LogP contribution is -2.06. The molecule has 2 heterocycles. The fraction of sp³-hybridized carbons (Fsp3) is 0.214. The van der Waals surface area contributed by atoms with Crippen LogP contribution in [0.15, 0.2) is 30.3 Å². The van der Waals surface area contributed by atoms with Crippen molar-refractivity contribution < 1.29 is 4.74 Å². The summed E-state index contributed by atoms with van der Waals surface area (Å²) in [6.45, 7) is 2.26. The van der Waals surface area contributed by atoms with Crippen molar-refractivity contribution in [3.05, 3.63) is 42.0 Å². The van der Waals surface area contributed by atoms with Gasteiger partial charge in [-0.1, -0.05) is 0 Å². The van der Waals surface area contributed by atoms with Gasteiger partial charge in [0.15, 0.2) is 11.5 Å². The Morgan fingerprint density at radius 3 is 2.60 bits per heavy atom. The number of rotatable bonds is 3. The largest absolute Gasteiger partial charge is 0.497 e. The lowest BCUT2D eigenvalue weighted by molar-refractivity contribution is 0.415. The van der Waals surface area contributed by atoms with Crippen LogP contribution in [-0.4, -0.2) is 26.7 Å². The molecule has 0 atom stereocenters. The maximum absolute atomic E-state index is 5.65. The van der Waals surface area contributed by atoms with Crippen LogP contribution < -0.4 is 10.5 Å². The summed E-state index contributed by atoms with van der Waals surface area (Å²) in [5.41, 5.74) is 8.26. The van der Waals surface area contributed by atoms with E-state index in [9.17, 15) is 0 Å². The summed E-state index contributed by atoms with van der Waals surface area (Å²) in [7, 11) is 1.65. The normalized spacial score (nSPS) is 10.9. The highest BCUT2D eigenvalue weighted by molar-refractivity contribution is 5.64. The van der Waals surface area contributed by atoms with Crippen LogP contribution in [0.4, 0.5) is 0 Å². The second-order valence-electron chi connectivity index (χ2n) is 4.43. The first-order chi connectivity index (χ1) is 9.72. The van der Waals surface area contributed by atoms with Crippen LogP contribution in [0.1, 0.15) is 11.6 Å². The van der Waals surface area contributed by atoms with Gasteiger partial charge in [-0.3, -0.25) is 4.40 Å². The second kappa shape index (κ2) is 4.90. The summed E-state index contributed by atoms with van der Waals surface area (Å²) in [6.07, 6.45) is 0. The van der Waals surface area contributed by atoms with Crippen LogP contribution in [0, 0.1) is 6.92 Å². The third-order valence-electron chi connectivity index (χ3n) is 3.20. The number of hydrogen-bond acceptors (Lipinski definition) is 5. The van der Waals surface area contributed by atoms with Crippen LogP contribution in [0.5, 0.6) is 5.75 Å². The zero-order valence-corrected chi connectivity index (χ0v) is 11.4. The van der Waals surface area contributed by atoms with Crippen LogP contribution >= 0.6 is 0 Å². The molecule has 0 saturated heterocycles. The Morgan fingerprint density at radius 1 is 1.20 bits per heavy atom. The van der Waals surface area contributed by atoms with E-state index >= 15 is 0 Å². The molecule has 0 spiro atoms. The SMILES string of the molecule is COc1ccc(-c2cc3nnc(CN)n3c(C)n2)cc1. The Balaban J connectivity index is 2.12. The molecule has 0 aliphatic heterocycles. The minimum Gasteiger partial charge on any atom is -0.497 e. The molecule has 0 amide bonds. The summed E-state index contributed by atoms with van der Waals surface area (Å²) in [5.74, 6) is 2.35. The second-order valence-corrected chi connectivity index (χ2v) is 4.43. The molecule has 102 valence electrons. The quantitative estimate of drug-likeness (QED) is 0.780. The van der Waals surface area contributed by atoms with Crippen molar-refractivity contribution in [2.45, 2.75) is 13.5 Å². The molecule has 3 aromatic rings. The van der Waals surface area contributed by atoms with Crippen molar-refractivity contribution in [2.24, 2.45) is 5.73 Å². The first kappa shape index (κ1) is 12.6. The summed E-state index contributed by atoms with van der Waals surface area (Å²) < 4.78 is 7.02. The number of fused-ring (bicyclic) bond motifs is 1. The predicted octanol–water partition coefficient (Wildman–Crippen LogP) is 1.57. The van der Waals surface area contributed by atoms with Crippen molar-refractivity contribution in [3.63, 3.8) is 0 Å². The average molecular weight is 269 g/mol. The molecule has 2 N–H and O–H groups in total. The number of hydrogen-bond donors (Lipinski definition) is 1. The van der Waals surface area contributed by atoms with E-state index in [1.807, 2.05) is 41.7 Å². The Kier molecular flexibility index (Phi) is 3.08. The molecule has 0 saturated carbocycles. The van der Waals surface area contributed by atoms with Crippen molar-refractivity contribution >= 4 is 5.65 Å². The number of nitrogens with two attached hydrogens (primary N) is 1. The minimum absolute atomic E-state index is 0.339. The molecule has 0 fully saturated rings. The number of aromatic nitrogens is 4. The fourth-order valence-electron chi connectivity index (χ4n) is 2.20. The third-order valence-corrected chi connectivity index (χ3v) is 3.20. The molecule has 1 aromatic carbocycles. The highest BCUT2D eigenvalue weighted by atomic mass is 16.5. The number of aryl methyl sites for hydroxylation is 1. The number of nitrogens with zero attached hydrogens (tertiary/aromatic N) is 4. The molecule has 6 nitrogen and oxygen atoms in total. The van der Waals surface area contributed by atoms with Gasteiger partial charge < -0.3 is 10.5 Å². The van der Waals surface area contributed by atoms with Gasteiger partial charge in [0.1, 0.15) is 11.6 Å². The Bertz CT molecular complexity index is 748. The van der Waals surface area contributed by atoms with Gasteiger partial charge in [-0.15, -0.1) is 10.2 Å². The highest BCUT2D eigenvalue weighted by Crippen LogP contribution is 2.22. The Hall–Kier alpha value is -2.47. The Morgan fingerprint density at radius 2 is 1.95 bits per heavy atom. The van der Waals surface area contributed by atoms with Crippen LogP contribution in [0.2, 0.25) is 0 Å². The molecule has 6 heteroatoms. The van der Waals surface area contributed by atoms with Crippen molar-refractivity contribution in [3.8, 4) is 17.0 Å². The summed E-state index contributed by atoms with van der Waals surface area (Å²) in [6, 6.07) is 9.66. The van der Waals surface area contributed by atoms with Gasteiger partial charge in [-0.05, 0) is 31.2 Å². The lowest BCUT2D eigenvalue weighted by Gasteiger charge is -2.06. The van der Waals surface area contributed by atoms with E-state index in [0.717, 1.165) is 28.5 Å². The molecule has 0 bridgehead atoms. The standard InChI is InChI=1S/C14H15N5O/c1-9-16-12(10-3-5-11(20-2)6-4-10)7-13-17-18-14(8-15)19(9)13/h3-7H,8,15H2,1-2H3. The van der Waals surface area contributed by atoms with Crippen LogP contribution in [-0.2, 0) is 6.54 Å². The van der Waals surface area contributed by atoms with E-state index in [1.165, 1.54) is 0 Å². The number of ether oxygens (including phenoxy) is 1. The fourth-order valence-corrected chi connectivity index (χ4v) is 2.20. The number of benzene rings is 1. The molecular formula is C14H15N5O. The molecule has 0 unspecified atom stereocenters. The van der Waals surface area contributed by atoms with Gasteiger partial charge in [0.2, 0.25) is 0 Å². The van der Waals surface area contributed by atoms with Gasteiger partial charge >= 0.3 is 0 Å². The summed E-state index contributed by atoms with van der Waals surface area (Å²) in [4.78, 5) is 4.59. The molecule has 2 aromatic heterocycles. The predicted molar refractivity (Wildman–Crippen MR) is 75.4 cm³/mol. The first-order valence-electron chi connectivity index (χ1n) is 6.29. The van der Waals surface area contributed by atoms with E-state index in [1.54, 1.807) is 7.11 Å². The number of methoxy groups -OCH3 is 1. The molecule has 3 rings (SSSR count). The van der Waals surface area contributed by atoms with E-state index in [0.29, 0.717) is 12.4 Å². The van der Waals surface area contributed by atoms with E-state index < -0.39 is 0 Å². The van der Waals surface area contributed by atoms with Crippen molar-refractivity contribution in [1.29, 1.82) is 0 Å². The van der Waals surface area contributed by atoms with E-state index in [4.69, 9.17) is 10.5 Å². The molecule has 0 aliphatic carbocycles. The zero-order chi connectivity index (χ0) is 14.1. The smallest absolute Gasteiger partial charge is 0.164 e. The van der Waals surface area contributed by atoms with Crippen LogP contribution in [0.25, 0.3) is 16.9 Å². The zero-order valence-electron chi connectivity index (χ0n) is 11.4. The molecule has 0 radical (unpaired) electrons. The van der Waals surface area contributed by atoms with Gasteiger partial charge in [-0.2, -0.15) is 0 Å². The van der Waals surface area contributed by atoms with Gasteiger partial charge in [0, 0.05) is 11.6 Å². The van der Waals surface area contributed by atoms with Crippen LogP contribution in [0.3, 0.4) is 0 Å². The Labute approximate surface area is 116 Å². The van der Waals surface area contributed by atoms with Gasteiger partial charge in [0.05, 0.1) is 19.3 Å². The van der Waals surface area contributed by atoms with E-state index in [-0.39, 0.29) is 0 Å². The third kappa shape index (κ3) is 2.00. The monoisotopic (exact) mass is 269 g/mol. The highest BCUT2D eigenvalue weighted by Gasteiger charge is 2.10. The average Bonchev–Trinajstić information content (AvgIpc) is 2.91. The van der Waals surface area contributed by atoms with E-state index in [2.05, 4.69) is 15.2 Å². The lowest BCUT2D eigenvalue weighted by atomic mass is 10.1. The maximum Gasteiger partial charge on any atom is 0.164 e. The van der Waals surface area contributed by atoms with Crippen molar-refractivity contribution in [1.82, 2.24) is 19.6 Å². The van der Waals surface area contributed by atoms with Gasteiger partial charge in [0.25, 0.3) is 0 Å². The minimum atomic E-state index is 0.339. The van der Waals surface area contributed by atoms with Gasteiger partial charge in [-0.25, -0.2) is 4.98 Å². The summed E-state index contributed by atoms with van der Waals surface area (Å²) >= 11 is 0. The first-order valence-corrected chi connectivity index (χ1v) is 6.29.